The zero-order valence-corrected chi connectivity index (χ0v) is 18.0. The van der Waals surface area contributed by atoms with Gasteiger partial charge in [-0.15, -0.1) is 0 Å². The maximum Gasteiger partial charge on any atom is 0.238 e. The minimum Gasteiger partial charge on any atom is -0.487 e. The molecule has 0 aliphatic rings. The molecule has 0 saturated carbocycles. The van der Waals surface area contributed by atoms with Gasteiger partial charge >= 0.3 is 0 Å². The number of sulfonamides is 1. The molecular formula is C21H20Cl2N2O3S. The van der Waals surface area contributed by atoms with E-state index in [-0.39, 0.29) is 4.90 Å². The fourth-order valence-corrected chi connectivity index (χ4v) is 3.81. The van der Waals surface area contributed by atoms with E-state index in [0.29, 0.717) is 28.9 Å². The third-order valence-corrected chi connectivity index (χ3v) is 5.68. The van der Waals surface area contributed by atoms with Crippen molar-refractivity contribution >= 4 is 38.9 Å². The number of nitrogens with two attached hydrogens (primary N) is 1. The number of hydrogen-bond donors (Lipinski definition) is 2. The molecule has 8 heteroatoms. The highest BCUT2D eigenvalue weighted by Crippen LogP contribution is 2.33. The lowest BCUT2D eigenvalue weighted by atomic mass is 10.1. The van der Waals surface area contributed by atoms with Crippen molar-refractivity contribution in [3.05, 3.63) is 87.4 Å². The molecule has 0 atom stereocenters. The average Bonchev–Trinajstić information content (AvgIpc) is 2.66. The van der Waals surface area contributed by atoms with E-state index in [1.54, 1.807) is 24.3 Å². The number of benzene rings is 3. The van der Waals surface area contributed by atoms with Crippen LogP contribution < -0.4 is 15.2 Å². The number of hydrogen-bond acceptors (Lipinski definition) is 4. The highest BCUT2D eigenvalue weighted by atomic mass is 35.5. The highest BCUT2D eigenvalue weighted by Gasteiger charge is 2.12. The lowest BCUT2D eigenvalue weighted by Gasteiger charge is -2.15. The van der Waals surface area contributed by atoms with Crippen LogP contribution in [-0.4, -0.2) is 8.42 Å². The van der Waals surface area contributed by atoms with Gasteiger partial charge in [0.15, 0.2) is 0 Å². The van der Waals surface area contributed by atoms with Gasteiger partial charge in [-0.3, -0.25) is 0 Å². The molecule has 0 aliphatic heterocycles. The first-order valence-corrected chi connectivity index (χ1v) is 11.1. The van der Waals surface area contributed by atoms with Gasteiger partial charge in [-0.1, -0.05) is 53.0 Å². The van der Waals surface area contributed by atoms with E-state index in [1.165, 1.54) is 17.7 Å². The second-order valence-corrected chi connectivity index (χ2v) is 8.98. The molecule has 0 spiro atoms. The Morgan fingerprint density at radius 2 is 1.66 bits per heavy atom. The van der Waals surface area contributed by atoms with E-state index in [9.17, 15) is 8.42 Å². The maximum absolute atomic E-state index is 11.4. The van der Waals surface area contributed by atoms with Crippen LogP contribution in [-0.2, 0) is 23.2 Å². The van der Waals surface area contributed by atoms with Crippen molar-refractivity contribution in [1.82, 2.24) is 0 Å². The van der Waals surface area contributed by atoms with Crippen LogP contribution in [0.3, 0.4) is 0 Å². The van der Waals surface area contributed by atoms with Crippen molar-refractivity contribution in [1.29, 1.82) is 0 Å². The van der Waals surface area contributed by atoms with Crippen molar-refractivity contribution in [3.8, 4) is 5.75 Å². The normalized spacial score (nSPS) is 11.3. The Kier molecular flexibility index (Phi) is 6.70. The van der Waals surface area contributed by atoms with E-state index < -0.39 is 10.0 Å². The molecule has 0 radical (unpaired) electrons. The Labute approximate surface area is 180 Å². The van der Waals surface area contributed by atoms with Crippen LogP contribution >= 0.6 is 23.2 Å². The number of anilines is 1. The summed E-state index contributed by atoms with van der Waals surface area (Å²) in [4.78, 5) is 0.0518. The Hall–Kier alpha value is -2.25. The van der Waals surface area contributed by atoms with Crippen LogP contribution in [0.25, 0.3) is 0 Å². The standard InChI is InChI=1S/C21H20Cl2N2O3S/c1-14-2-4-15(5-3-14)13-28-21-16(10-17(22)11-20(21)23)12-25-18-6-8-19(9-7-18)29(24,26)27/h2-11,25H,12-13H2,1H3,(H2,24,26,27). The molecule has 0 heterocycles. The third kappa shape index (κ3) is 5.87. The minimum absolute atomic E-state index is 0.0518. The number of rotatable bonds is 7. The van der Waals surface area contributed by atoms with Crippen molar-refractivity contribution in [2.45, 2.75) is 25.0 Å². The molecule has 3 aromatic rings. The summed E-state index contributed by atoms with van der Waals surface area (Å²) >= 11 is 12.5. The monoisotopic (exact) mass is 450 g/mol. The molecule has 0 saturated heterocycles. The van der Waals surface area contributed by atoms with E-state index in [4.69, 9.17) is 33.1 Å². The third-order valence-electron chi connectivity index (χ3n) is 4.25. The van der Waals surface area contributed by atoms with Gasteiger partial charge in [-0.25, -0.2) is 13.6 Å². The van der Waals surface area contributed by atoms with E-state index in [2.05, 4.69) is 5.32 Å². The van der Waals surface area contributed by atoms with Gasteiger partial charge < -0.3 is 10.1 Å². The van der Waals surface area contributed by atoms with Gasteiger partial charge in [-0.2, -0.15) is 0 Å². The molecule has 0 amide bonds. The van der Waals surface area contributed by atoms with Crippen LogP contribution in [0.5, 0.6) is 5.75 Å². The van der Waals surface area contributed by atoms with Crippen LogP contribution in [0.4, 0.5) is 5.69 Å². The second kappa shape index (κ2) is 9.05. The Bertz CT molecular complexity index is 1100. The first kappa shape index (κ1) is 21.5. The molecular weight excluding hydrogens is 431 g/mol. The number of primary sulfonamides is 1. The minimum atomic E-state index is -3.72. The summed E-state index contributed by atoms with van der Waals surface area (Å²) in [6.45, 7) is 2.79. The smallest absolute Gasteiger partial charge is 0.238 e. The lowest BCUT2D eigenvalue weighted by molar-refractivity contribution is 0.303. The first-order chi connectivity index (χ1) is 13.7. The zero-order valence-electron chi connectivity index (χ0n) is 15.7. The Balaban J connectivity index is 1.75. The summed E-state index contributed by atoms with van der Waals surface area (Å²) in [6.07, 6.45) is 0. The molecule has 0 aromatic heterocycles. The SMILES string of the molecule is Cc1ccc(COc2c(Cl)cc(Cl)cc2CNc2ccc(S(N)(=O)=O)cc2)cc1. The van der Waals surface area contributed by atoms with Crippen molar-refractivity contribution in [2.24, 2.45) is 5.14 Å². The maximum atomic E-state index is 11.4. The molecule has 0 bridgehead atoms. The summed E-state index contributed by atoms with van der Waals surface area (Å²) in [5, 5.41) is 9.25. The summed E-state index contributed by atoms with van der Waals surface area (Å²) in [6, 6.07) is 17.6. The molecule has 0 aliphatic carbocycles. The topological polar surface area (TPSA) is 81.4 Å². The first-order valence-electron chi connectivity index (χ1n) is 8.75. The summed E-state index contributed by atoms with van der Waals surface area (Å²) < 4.78 is 28.7. The number of aryl methyl sites for hydroxylation is 1. The van der Waals surface area contributed by atoms with Gasteiger partial charge in [0.25, 0.3) is 0 Å². The highest BCUT2D eigenvalue weighted by molar-refractivity contribution is 7.89. The number of ether oxygens (including phenoxy) is 1. The van der Waals surface area contributed by atoms with E-state index in [1.807, 2.05) is 31.2 Å². The second-order valence-electron chi connectivity index (χ2n) is 6.57. The van der Waals surface area contributed by atoms with Crippen LogP contribution in [0.1, 0.15) is 16.7 Å². The molecule has 0 fully saturated rings. The van der Waals surface area contributed by atoms with Crippen LogP contribution in [0.2, 0.25) is 10.0 Å². The van der Waals surface area contributed by atoms with Crippen LogP contribution in [0, 0.1) is 6.92 Å². The fourth-order valence-electron chi connectivity index (χ4n) is 2.71. The van der Waals surface area contributed by atoms with Gasteiger partial charge in [0.05, 0.1) is 9.92 Å². The van der Waals surface area contributed by atoms with Crippen molar-refractivity contribution < 1.29 is 13.2 Å². The lowest BCUT2D eigenvalue weighted by Crippen LogP contribution is -2.12. The molecule has 5 nitrogen and oxygen atoms in total. The van der Waals surface area contributed by atoms with Gasteiger partial charge in [0.2, 0.25) is 10.0 Å². The molecule has 3 aromatic carbocycles. The summed E-state index contributed by atoms with van der Waals surface area (Å²) in [5.41, 5.74) is 3.71. The predicted octanol–water partition coefficient (Wildman–Crippen LogP) is 5.14. The quantitative estimate of drug-likeness (QED) is 0.521. The summed E-state index contributed by atoms with van der Waals surface area (Å²) in [5.74, 6) is 0.547. The molecule has 152 valence electrons. The molecule has 3 N–H and O–H groups in total. The summed E-state index contributed by atoms with van der Waals surface area (Å²) in [7, 11) is -3.72. The van der Waals surface area contributed by atoms with Gasteiger partial charge in [0, 0.05) is 22.8 Å². The fraction of sp³-hybridized carbons (Fsp3) is 0.143. The van der Waals surface area contributed by atoms with Crippen LogP contribution in [0.15, 0.2) is 65.6 Å². The largest absolute Gasteiger partial charge is 0.487 e. The van der Waals surface area contributed by atoms with Crippen molar-refractivity contribution in [3.63, 3.8) is 0 Å². The number of halogens is 2. The van der Waals surface area contributed by atoms with Gasteiger partial charge in [-0.05, 0) is 48.9 Å². The van der Waals surface area contributed by atoms with E-state index >= 15 is 0 Å². The zero-order chi connectivity index (χ0) is 21.0. The number of nitrogens with one attached hydrogen (secondary N) is 1. The predicted molar refractivity (Wildman–Crippen MR) is 117 cm³/mol. The molecule has 3 rings (SSSR count). The van der Waals surface area contributed by atoms with E-state index in [0.717, 1.165) is 16.8 Å². The Morgan fingerprint density at radius 1 is 1.00 bits per heavy atom. The molecule has 29 heavy (non-hydrogen) atoms. The average molecular weight is 451 g/mol. The van der Waals surface area contributed by atoms with Crippen molar-refractivity contribution in [2.75, 3.05) is 5.32 Å². The van der Waals surface area contributed by atoms with Gasteiger partial charge in [0.1, 0.15) is 12.4 Å². The molecule has 0 unspecified atom stereocenters. The Morgan fingerprint density at radius 3 is 2.28 bits per heavy atom.